The van der Waals surface area contributed by atoms with E-state index in [1.807, 2.05) is 0 Å². The van der Waals surface area contributed by atoms with Crippen LogP contribution in [0.25, 0.3) is 0 Å². The lowest BCUT2D eigenvalue weighted by atomic mass is 10.00. The second-order valence-corrected chi connectivity index (χ2v) is 5.67. The van der Waals surface area contributed by atoms with Crippen molar-refractivity contribution in [2.24, 2.45) is 11.7 Å². The second-order valence-electron chi connectivity index (χ2n) is 5.67. The van der Waals surface area contributed by atoms with Gasteiger partial charge < -0.3 is 11.1 Å². The molecular formula is C17H34N2O. The Hall–Kier alpha value is -0.830. The van der Waals surface area contributed by atoms with Crippen LogP contribution < -0.4 is 11.1 Å². The van der Waals surface area contributed by atoms with Crippen LogP contribution in [0, 0.1) is 5.92 Å². The summed E-state index contributed by atoms with van der Waals surface area (Å²) >= 11 is 0. The Kier molecular flexibility index (Phi) is 14.0. The molecule has 20 heavy (non-hydrogen) atoms. The highest BCUT2D eigenvalue weighted by atomic mass is 16.1. The molecule has 0 aliphatic heterocycles. The zero-order valence-electron chi connectivity index (χ0n) is 13.3. The van der Waals surface area contributed by atoms with E-state index in [-0.39, 0.29) is 5.91 Å². The predicted octanol–water partition coefficient (Wildman–Crippen LogP) is 3.78. The highest BCUT2D eigenvalue weighted by molar-refractivity contribution is 5.86. The average Bonchev–Trinajstić information content (AvgIpc) is 2.48. The van der Waals surface area contributed by atoms with Crippen LogP contribution in [0.1, 0.15) is 71.1 Å². The van der Waals surface area contributed by atoms with Crippen LogP contribution in [0.15, 0.2) is 12.7 Å². The van der Waals surface area contributed by atoms with Crippen LogP contribution in [-0.2, 0) is 4.79 Å². The average molecular weight is 282 g/mol. The van der Waals surface area contributed by atoms with E-state index in [4.69, 9.17) is 5.73 Å². The molecule has 0 aliphatic carbocycles. The van der Waals surface area contributed by atoms with Crippen molar-refractivity contribution in [1.82, 2.24) is 5.32 Å². The molecule has 118 valence electrons. The minimum Gasteiger partial charge on any atom is -0.352 e. The van der Waals surface area contributed by atoms with Crippen LogP contribution in [0.5, 0.6) is 0 Å². The number of nitrogens with one attached hydrogen (secondary N) is 1. The SMILES string of the molecule is C=CC(=O)NCC(CN)CCCCCCCCCCC. The molecule has 0 spiro atoms. The molecule has 1 atom stereocenters. The molecule has 1 unspecified atom stereocenters. The number of carbonyl (C=O) groups is 1. The minimum atomic E-state index is -0.101. The lowest BCUT2D eigenvalue weighted by Gasteiger charge is -2.14. The van der Waals surface area contributed by atoms with Crippen molar-refractivity contribution in [3.63, 3.8) is 0 Å². The van der Waals surface area contributed by atoms with Gasteiger partial charge in [0.1, 0.15) is 0 Å². The fourth-order valence-electron chi connectivity index (χ4n) is 2.36. The van der Waals surface area contributed by atoms with Crippen LogP contribution in [0.4, 0.5) is 0 Å². The molecule has 0 aromatic rings. The fourth-order valence-corrected chi connectivity index (χ4v) is 2.36. The molecule has 0 saturated carbocycles. The van der Waals surface area contributed by atoms with Gasteiger partial charge in [-0.1, -0.05) is 71.3 Å². The Labute approximate surface area is 125 Å². The van der Waals surface area contributed by atoms with E-state index in [0.717, 1.165) is 6.42 Å². The van der Waals surface area contributed by atoms with Gasteiger partial charge >= 0.3 is 0 Å². The Morgan fingerprint density at radius 1 is 1.10 bits per heavy atom. The molecule has 3 heteroatoms. The summed E-state index contributed by atoms with van der Waals surface area (Å²) in [6, 6.07) is 0. The van der Waals surface area contributed by atoms with E-state index in [1.165, 1.54) is 63.9 Å². The molecule has 0 aromatic heterocycles. The van der Waals surface area contributed by atoms with Gasteiger partial charge in [0, 0.05) is 6.54 Å². The van der Waals surface area contributed by atoms with E-state index in [1.54, 1.807) is 0 Å². The van der Waals surface area contributed by atoms with Crippen molar-refractivity contribution in [3.05, 3.63) is 12.7 Å². The first kappa shape index (κ1) is 19.2. The maximum atomic E-state index is 11.1. The number of hydrogen-bond donors (Lipinski definition) is 2. The first-order chi connectivity index (χ1) is 9.74. The molecule has 0 saturated heterocycles. The van der Waals surface area contributed by atoms with Crippen molar-refractivity contribution in [1.29, 1.82) is 0 Å². The summed E-state index contributed by atoms with van der Waals surface area (Å²) in [7, 11) is 0. The van der Waals surface area contributed by atoms with Gasteiger partial charge in [0.25, 0.3) is 0 Å². The van der Waals surface area contributed by atoms with E-state index in [9.17, 15) is 4.79 Å². The zero-order chi connectivity index (χ0) is 15.1. The lowest BCUT2D eigenvalue weighted by Crippen LogP contribution is -2.31. The molecule has 0 aliphatic rings. The van der Waals surface area contributed by atoms with Crippen molar-refractivity contribution in [2.45, 2.75) is 71.1 Å². The molecule has 0 rings (SSSR count). The van der Waals surface area contributed by atoms with Gasteiger partial charge in [-0.15, -0.1) is 0 Å². The predicted molar refractivity (Wildman–Crippen MR) is 87.6 cm³/mol. The van der Waals surface area contributed by atoms with Crippen LogP contribution >= 0.6 is 0 Å². The van der Waals surface area contributed by atoms with E-state index < -0.39 is 0 Å². The summed E-state index contributed by atoms with van der Waals surface area (Å²) in [5, 5.41) is 2.83. The van der Waals surface area contributed by atoms with Crippen LogP contribution in [-0.4, -0.2) is 19.0 Å². The molecule has 0 radical (unpaired) electrons. The highest BCUT2D eigenvalue weighted by Crippen LogP contribution is 2.13. The molecule has 0 fully saturated rings. The monoisotopic (exact) mass is 282 g/mol. The third-order valence-corrected chi connectivity index (χ3v) is 3.80. The van der Waals surface area contributed by atoms with Crippen LogP contribution in [0.2, 0.25) is 0 Å². The van der Waals surface area contributed by atoms with Crippen molar-refractivity contribution in [2.75, 3.05) is 13.1 Å². The number of amides is 1. The Morgan fingerprint density at radius 2 is 1.65 bits per heavy atom. The second kappa shape index (κ2) is 14.6. The van der Waals surface area contributed by atoms with E-state index in [0.29, 0.717) is 19.0 Å². The number of unbranched alkanes of at least 4 members (excludes halogenated alkanes) is 8. The molecule has 3 nitrogen and oxygen atoms in total. The normalized spacial score (nSPS) is 12.1. The number of nitrogens with two attached hydrogens (primary N) is 1. The third-order valence-electron chi connectivity index (χ3n) is 3.80. The van der Waals surface area contributed by atoms with Gasteiger partial charge in [0.05, 0.1) is 0 Å². The number of hydrogen-bond acceptors (Lipinski definition) is 2. The van der Waals surface area contributed by atoms with Gasteiger partial charge in [-0.05, 0) is 25.0 Å². The topological polar surface area (TPSA) is 55.1 Å². The highest BCUT2D eigenvalue weighted by Gasteiger charge is 2.07. The quantitative estimate of drug-likeness (QED) is 0.376. The van der Waals surface area contributed by atoms with Crippen molar-refractivity contribution in [3.8, 4) is 0 Å². The number of rotatable bonds is 14. The molecule has 0 bridgehead atoms. The maximum absolute atomic E-state index is 11.1. The smallest absolute Gasteiger partial charge is 0.243 e. The zero-order valence-corrected chi connectivity index (χ0v) is 13.3. The standard InChI is InChI=1S/C17H34N2O/c1-3-5-6-7-8-9-10-11-12-13-16(14-18)15-19-17(20)4-2/h4,16H,2-3,5-15,18H2,1H3,(H,19,20). The number of carbonyl (C=O) groups excluding carboxylic acids is 1. The Bertz CT molecular complexity index is 241. The lowest BCUT2D eigenvalue weighted by molar-refractivity contribution is -0.116. The molecule has 1 amide bonds. The Morgan fingerprint density at radius 3 is 2.15 bits per heavy atom. The largest absolute Gasteiger partial charge is 0.352 e. The van der Waals surface area contributed by atoms with Gasteiger partial charge in [0.15, 0.2) is 0 Å². The molecule has 0 heterocycles. The van der Waals surface area contributed by atoms with Gasteiger partial charge in [-0.2, -0.15) is 0 Å². The molecule has 3 N–H and O–H groups in total. The Balaban J connectivity index is 3.37. The van der Waals surface area contributed by atoms with Crippen molar-refractivity contribution < 1.29 is 4.79 Å². The first-order valence-corrected chi connectivity index (χ1v) is 8.34. The summed E-state index contributed by atoms with van der Waals surface area (Å²) in [6.07, 6.45) is 14.5. The van der Waals surface area contributed by atoms with Crippen molar-refractivity contribution >= 4 is 5.91 Å². The van der Waals surface area contributed by atoms with E-state index >= 15 is 0 Å². The van der Waals surface area contributed by atoms with Gasteiger partial charge in [-0.3, -0.25) is 4.79 Å². The van der Waals surface area contributed by atoms with Gasteiger partial charge in [0.2, 0.25) is 5.91 Å². The van der Waals surface area contributed by atoms with Gasteiger partial charge in [-0.25, -0.2) is 0 Å². The maximum Gasteiger partial charge on any atom is 0.243 e. The first-order valence-electron chi connectivity index (χ1n) is 8.34. The summed E-state index contributed by atoms with van der Waals surface area (Å²) < 4.78 is 0. The summed E-state index contributed by atoms with van der Waals surface area (Å²) in [4.78, 5) is 11.1. The van der Waals surface area contributed by atoms with Crippen LogP contribution in [0.3, 0.4) is 0 Å². The molecular weight excluding hydrogens is 248 g/mol. The summed E-state index contributed by atoms with van der Waals surface area (Å²) in [5.41, 5.74) is 5.73. The summed E-state index contributed by atoms with van der Waals surface area (Å²) in [5.74, 6) is 0.305. The summed E-state index contributed by atoms with van der Waals surface area (Å²) in [6.45, 7) is 7.03. The van der Waals surface area contributed by atoms with E-state index in [2.05, 4.69) is 18.8 Å². The minimum absolute atomic E-state index is 0.101. The fraction of sp³-hybridized carbons (Fsp3) is 0.824. The molecule has 0 aromatic carbocycles. The third kappa shape index (κ3) is 12.2.